The summed E-state index contributed by atoms with van der Waals surface area (Å²) in [7, 11) is 0. The van der Waals surface area contributed by atoms with Gasteiger partial charge in [0.1, 0.15) is 11.2 Å². The molecule has 0 bridgehead atoms. The van der Waals surface area contributed by atoms with E-state index in [-0.39, 0.29) is 0 Å². The van der Waals surface area contributed by atoms with Gasteiger partial charge in [0.25, 0.3) is 0 Å². The largest absolute Gasteiger partial charge is 0.444 e. The number of hydrogen-bond acceptors (Lipinski definition) is 4. The number of hydrogen-bond donors (Lipinski definition) is 1. The highest BCUT2D eigenvalue weighted by Crippen LogP contribution is 2.45. The minimum Gasteiger partial charge on any atom is -0.444 e. The van der Waals surface area contributed by atoms with Crippen LogP contribution in [-0.2, 0) is 10.3 Å². The van der Waals surface area contributed by atoms with E-state index in [2.05, 4.69) is 21.5 Å². The summed E-state index contributed by atoms with van der Waals surface area (Å²) >= 11 is 0. The lowest BCUT2D eigenvalue weighted by molar-refractivity contribution is 0.0494. The number of nitrogens with one attached hydrogen (secondary N) is 1. The van der Waals surface area contributed by atoms with Gasteiger partial charge in [-0.25, -0.2) is 9.78 Å². The lowest BCUT2D eigenvalue weighted by atomic mass is 10.1. The maximum absolute atomic E-state index is 12.1. The highest BCUT2D eigenvalue weighted by atomic mass is 16.6. The molecule has 0 aliphatic heterocycles. The maximum Gasteiger partial charge on any atom is 0.408 e. The summed E-state index contributed by atoms with van der Waals surface area (Å²) in [5.74, 6) is 0. The molecule has 3 aromatic heterocycles. The Labute approximate surface area is 172 Å². The summed E-state index contributed by atoms with van der Waals surface area (Å²) in [5, 5.41) is 2.99. The predicted molar refractivity (Wildman–Crippen MR) is 115 cm³/mol. The van der Waals surface area contributed by atoms with Crippen LogP contribution < -0.4 is 5.32 Å². The Morgan fingerprint density at radius 3 is 2.38 bits per heavy atom. The van der Waals surface area contributed by atoms with Crippen LogP contribution >= 0.6 is 0 Å². The molecule has 1 fully saturated rings. The first-order valence-electron chi connectivity index (χ1n) is 10.2. The molecule has 0 aromatic carbocycles. The standard InChI is InChI=1S/C21H24N4O2.C2H6/c1-14-12-25-13-16(6-8-18(25)23-14)15-5-7-17(22-11-15)21(9-10-21)24-19(26)27-20(2,3)4;1-2/h5-8,11-13H,9-10H2,1-4H3,(H,24,26);1-2H3. The van der Waals surface area contributed by atoms with E-state index in [1.54, 1.807) is 0 Å². The van der Waals surface area contributed by atoms with Gasteiger partial charge in [-0.3, -0.25) is 4.98 Å². The molecular formula is C23H30N4O2. The number of amides is 1. The Morgan fingerprint density at radius 1 is 1.10 bits per heavy atom. The number of carbonyl (C=O) groups excluding carboxylic acids is 1. The van der Waals surface area contributed by atoms with E-state index >= 15 is 0 Å². The molecular weight excluding hydrogens is 364 g/mol. The molecule has 1 amide bonds. The molecule has 0 saturated heterocycles. The van der Waals surface area contributed by atoms with E-state index in [0.29, 0.717) is 0 Å². The van der Waals surface area contributed by atoms with Gasteiger partial charge in [-0.1, -0.05) is 19.9 Å². The van der Waals surface area contributed by atoms with Crippen molar-refractivity contribution >= 4 is 11.7 Å². The van der Waals surface area contributed by atoms with E-state index < -0.39 is 17.2 Å². The molecule has 1 saturated carbocycles. The molecule has 0 unspecified atom stereocenters. The second-order valence-corrected chi connectivity index (χ2v) is 8.21. The average Bonchev–Trinajstić information content (AvgIpc) is 3.34. The third-order valence-electron chi connectivity index (χ3n) is 4.65. The van der Waals surface area contributed by atoms with Crippen molar-refractivity contribution < 1.29 is 9.53 Å². The van der Waals surface area contributed by atoms with Crippen LogP contribution in [0.1, 0.15) is 58.8 Å². The minimum atomic E-state index is -0.512. The van der Waals surface area contributed by atoms with E-state index in [1.165, 1.54) is 0 Å². The molecule has 3 aromatic rings. The fraction of sp³-hybridized carbons (Fsp3) is 0.435. The van der Waals surface area contributed by atoms with Crippen LogP contribution in [0.25, 0.3) is 16.8 Å². The Balaban J connectivity index is 0.00000117. The zero-order chi connectivity index (χ0) is 21.2. The molecule has 0 spiro atoms. The first-order chi connectivity index (χ1) is 13.7. The zero-order valence-electron chi connectivity index (χ0n) is 18.1. The van der Waals surface area contributed by atoms with Gasteiger partial charge < -0.3 is 14.5 Å². The van der Waals surface area contributed by atoms with Crippen molar-refractivity contribution in [3.63, 3.8) is 0 Å². The highest BCUT2D eigenvalue weighted by molar-refractivity contribution is 5.70. The average molecular weight is 395 g/mol. The molecule has 0 radical (unpaired) electrons. The molecule has 6 nitrogen and oxygen atoms in total. The van der Waals surface area contributed by atoms with Crippen molar-refractivity contribution in [2.75, 3.05) is 0 Å². The molecule has 6 heteroatoms. The highest BCUT2D eigenvalue weighted by Gasteiger charge is 2.47. The molecule has 3 heterocycles. The number of alkyl carbamates (subject to hydrolysis) is 1. The maximum atomic E-state index is 12.1. The van der Waals surface area contributed by atoms with Crippen molar-refractivity contribution in [1.29, 1.82) is 0 Å². The molecule has 1 aliphatic rings. The third-order valence-corrected chi connectivity index (χ3v) is 4.65. The molecule has 1 aliphatic carbocycles. The quantitative estimate of drug-likeness (QED) is 0.659. The van der Waals surface area contributed by atoms with Gasteiger partial charge in [0, 0.05) is 24.2 Å². The van der Waals surface area contributed by atoms with Crippen molar-refractivity contribution in [2.45, 2.75) is 65.5 Å². The fourth-order valence-electron chi connectivity index (χ4n) is 3.21. The van der Waals surface area contributed by atoms with Gasteiger partial charge >= 0.3 is 6.09 Å². The number of ether oxygens (including phenoxy) is 1. The number of nitrogens with zero attached hydrogens (tertiary/aromatic N) is 3. The van der Waals surface area contributed by atoms with Gasteiger partial charge in [0.05, 0.1) is 16.9 Å². The second-order valence-electron chi connectivity index (χ2n) is 8.21. The Bertz CT molecular complexity index is 996. The number of aryl methyl sites for hydroxylation is 1. The van der Waals surface area contributed by atoms with E-state index in [1.807, 2.05) is 82.6 Å². The first kappa shape index (κ1) is 20.8. The third kappa shape index (κ3) is 4.75. The summed E-state index contributed by atoms with van der Waals surface area (Å²) in [6.07, 6.45) is 7.27. The van der Waals surface area contributed by atoms with Crippen molar-refractivity contribution in [2.24, 2.45) is 0 Å². The van der Waals surface area contributed by atoms with Crippen molar-refractivity contribution in [3.8, 4) is 11.1 Å². The first-order valence-corrected chi connectivity index (χ1v) is 10.2. The van der Waals surface area contributed by atoms with Gasteiger partial charge in [0.15, 0.2) is 0 Å². The van der Waals surface area contributed by atoms with Crippen molar-refractivity contribution in [3.05, 3.63) is 54.2 Å². The Kier molecular flexibility index (Phi) is 5.64. The summed E-state index contributed by atoms with van der Waals surface area (Å²) in [6.45, 7) is 11.6. The smallest absolute Gasteiger partial charge is 0.408 e. The number of fused-ring (bicyclic) bond motifs is 1. The summed E-state index contributed by atoms with van der Waals surface area (Å²) in [6, 6.07) is 8.08. The molecule has 1 N–H and O–H groups in total. The normalized spacial score (nSPS) is 14.7. The van der Waals surface area contributed by atoms with Gasteiger partial charge in [-0.15, -0.1) is 0 Å². The lowest BCUT2D eigenvalue weighted by Crippen LogP contribution is -2.39. The number of rotatable bonds is 3. The molecule has 4 rings (SSSR count). The molecule has 154 valence electrons. The van der Waals surface area contributed by atoms with Gasteiger partial charge in [-0.2, -0.15) is 0 Å². The number of aromatic nitrogens is 3. The minimum absolute atomic E-state index is 0.396. The predicted octanol–water partition coefficient (Wildman–Crippen LogP) is 5.24. The van der Waals surface area contributed by atoms with E-state index in [4.69, 9.17) is 4.74 Å². The van der Waals surface area contributed by atoms with Gasteiger partial charge in [0.2, 0.25) is 0 Å². The Hall–Kier alpha value is -2.89. The second kappa shape index (κ2) is 7.85. The fourth-order valence-corrected chi connectivity index (χ4v) is 3.21. The molecule has 0 atom stereocenters. The zero-order valence-corrected chi connectivity index (χ0v) is 18.1. The number of imidazole rings is 1. The SMILES string of the molecule is CC.Cc1cn2cc(-c3ccc(C4(NC(=O)OC(C)(C)C)CC4)nc3)ccc2n1. The van der Waals surface area contributed by atoms with Crippen LogP contribution in [0.3, 0.4) is 0 Å². The van der Waals surface area contributed by atoms with Gasteiger partial charge in [-0.05, 0) is 64.3 Å². The topological polar surface area (TPSA) is 68.5 Å². The molecule has 29 heavy (non-hydrogen) atoms. The van der Waals surface area contributed by atoms with Crippen LogP contribution in [0, 0.1) is 6.92 Å². The monoisotopic (exact) mass is 394 g/mol. The summed E-state index contributed by atoms with van der Waals surface area (Å²) < 4.78 is 7.40. The van der Waals surface area contributed by atoms with Crippen LogP contribution in [0.4, 0.5) is 4.79 Å². The van der Waals surface area contributed by atoms with Crippen LogP contribution in [0.15, 0.2) is 42.9 Å². The summed E-state index contributed by atoms with van der Waals surface area (Å²) in [4.78, 5) is 21.2. The number of carbonyl (C=O) groups is 1. The Morgan fingerprint density at radius 2 is 1.79 bits per heavy atom. The van der Waals surface area contributed by atoms with Crippen LogP contribution in [0.5, 0.6) is 0 Å². The van der Waals surface area contributed by atoms with E-state index in [9.17, 15) is 4.79 Å². The van der Waals surface area contributed by atoms with Crippen molar-refractivity contribution in [1.82, 2.24) is 19.7 Å². The van der Waals surface area contributed by atoms with Crippen LogP contribution in [-0.4, -0.2) is 26.1 Å². The lowest BCUT2D eigenvalue weighted by Gasteiger charge is -2.23. The number of pyridine rings is 2. The van der Waals surface area contributed by atoms with E-state index in [0.717, 1.165) is 41.0 Å². The van der Waals surface area contributed by atoms with Crippen LogP contribution in [0.2, 0.25) is 0 Å². The summed E-state index contributed by atoms with van der Waals surface area (Å²) in [5.41, 5.74) is 3.98.